The molecule has 0 saturated carbocycles. The smallest absolute Gasteiger partial charge is 0.254 e. The van der Waals surface area contributed by atoms with Crippen LogP contribution in [0.2, 0.25) is 0 Å². The van der Waals surface area contributed by atoms with Gasteiger partial charge < -0.3 is 14.4 Å². The zero-order chi connectivity index (χ0) is 20.7. The Morgan fingerprint density at radius 2 is 1.79 bits per heavy atom. The fourth-order valence-electron chi connectivity index (χ4n) is 3.11. The highest BCUT2D eigenvalue weighted by Gasteiger charge is 2.23. The van der Waals surface area contributed by atoms with Crippen LogP contribution in [0.15, 0.2) is 47.1 Å². The van der Waals surface area contributed by atoms with Crippen LogP contribution in [0.3, 0.4) is 0 Å². The number of hydrogen-bond donors (Lipinski definition) is 0. The number of aromatic nitrogens is 1. The monoisotopic (exact) mass is 447 g/mol. The van der Waals surface area contributed by atoms with E-state index in [4.69, 9.17) is 0 Å². The Morgan fingerprint density at radius 3 is 2.32 bits per heavy atom. The molecule has 0 spiro atoms. The molecule has 1 aromatic heterocycles. The maximum Gasteiger partial charge on any atom is 0.254 e. The molecular weight excluding hydrogens is 418 g/mol. The number of hydrogen-bond acceptors (Lipinski definition) is 2. The van der Waals surface area contributed by atoms with Crippen LogP contribution < -0.4 is 0 Å². The number of nitrogens with zero attached hydrogens (tertiary/aromatic N) is 3. The lowest BCUT2D eigenvalue weighted by atomic mass is 10.1. The Morgan fingerprint density at radius 1 is 1.11 bits per heavy atom. The summed E-state index contributed by atoms with van der Waals surface area (Å²) >= 11 is 3.39. The van der Waals surface area contributed by atoms with Crippen molar-refractivity contribution in [1.29, 1.82) is 0 Å². The number of aryl methyl sites for hydroxylation is 1. The minimum atomic E-state index is -0.105. The summed E-state index contributed by atoms with van der Waals surface area (Å²) < 4.78 is 2.95. The second-order valence-corrected chi connectivity index (χ2v) is 8.43. The Labute approximate surface area is 176 Å². The summed E-state index contributed by atoms with van der Waals surface area (Å²) in [6, 6.07) is 11.3. The Kier molecular flexibility index (Phi) is 8.30. The van der Waals surface area contributed by atoms with E-state index in [2.05, 4.69) is 29.8 Å². The van der Waals surface area contributed by atoms with Crippen LogP contribution in [0, 0.1) is 5.92 Å². The number of carbonyl (C=O) groups excluding carboxylic acids is 2. The van der Waals surface area contributed by atoms with E-state index >= 15 is 0 Å². The summed E-state index contributed by atoms with van der Waals surface area (Å²) in [5, 5.41) is 0. The molecule has 2 amide bonds. The van der Waals surface area contributed by atoms with E-state index in [1.165, 1.54) is 0 Å². The van der Waals surface area contributed by atoms with Gasteiger partial charge in [-0.15, -0.1) is 0 Å². The lowest BCUT2D eigenvalue weighted by Gasteiger charge is -2.29. The summed E-state index contributed by atoms with van der Waals surface area (Å²) in [6.45, 7) is 8.08. The second kappa shape index (κ2) is 10.5. The molecule has 0 aliphatic heterocycles. The highest BCUT2D eigenvalue weighted by Crippen LogP contribution is 2.14. The predicted molar refractivity (Wildman–Crippen MR) is 116 cm³/mol. The minimum absolute atomic E-state index is 0.0196. The topological polar surface area (TPSA) is 45.6 Å². The van der Waals surface area contributed by atoms with Crippen LogP contribution in [0.25, 0.3) is 0 Å². The molecule has 0 saturated heterocycles. The molecule has 28 heavy (non-hydrogen) atoms. The number of carbonyl (C=O) groups is 2. The highest BCUT2D eigenvalue weighted by atomic mass is 79.9. The maximum atomic E-state index is 13.1. The number of rotatable bonds is 9. The normalized spacial score (nSPS) is 10.9. The van der Waals surface area contributed by atoms with Crippen LogP contribution in [-0.4, -0.2) is 45.8 Å². The first kappa shape index (κ1) is 22.2. The van der Waals surface area contributed by atoms with Crippen molar-refractivity contribution in [3.8, 4) is 0 Å². The average Bonchev–Trinajstić information content (AvgIpc) is 3.05. The Hall–Kier alpha value is -2.08. The quantitative estimate of drug-likeness (QED) is 0.574. The largest absolute Gasteiger partial charge is 0.353 e. The molecule has 152 valence electrons. The number of benzene rings is 1. The van der Waals surface area contributed by atoms with Crippen molar-refractivity contribution >= 4 is 27.7 Å². The van der Waals surface area contributed by atoms with Gasteiger partial charge in [-0.05, 0) is 48.7 Å². The van der Waals surface area contributed by atoms with E-state index in [9.17, 15) is 9.59 Å². The van der Waals surface area contributed by atoms with Gasteiger partial charge in [0.25, 0.3) is 5.91 Å². The molecule has 0 fully saturated rings. The van der Waals surface area contributed by atoms with Crippen molar-refractivity contribution in [2.45, 2.75) is 33.7 Å². The van der Waals surface area contributed by atoms with Crippen LogP contribution >= 0.6 is 15.9 Å². The van der Waals surface area contributed by atoms with Crippen molar-refractivity contribution < 1.29 is 9.59 Å². The van der Waals surface area contributed by atoms with Gasteiger partial charge in [0, 0.05) is 42.1 Å². The zero-order valence-electron chi connectivity index (χ0n) is 17.2. The van der Waals surface area contributed by atoms with Crippen molar-refractivity contribution in [1.82, 2.24) is 14.4 Å². The van der Waals surface area contributed by atoms with Gasteiger partial charge in [-0.25, -0.2) is 0 Å². The van der Waals surface area contributed by atoms with Crippen LogP contribution in [0.4, 0.5) is 0 Å². The Bertz CT molecular complexity index is 783. The lowest BCUT2D eigenvalue weighted by molar-refractivity contribution is -0.133. The number of halogens is 1. The van der Waals surface area contributed by atoms with Gasteiger partial charge in [-0.2, -0.15) is 0 Å². The van der Waals surface area contributed by atoms with Crippen molar-refractivity contribution in [2.75, 3.05) is 19.6 Å². The molecule has 2 aromatic rings. The fourth-order valence-corrected chi connectivity index (χ4v) is 3.38. The zero-order valence-corrected chi connectivity index (χ0v) is 18.8. The molecule has 0 radical (unpaired) electrons. The van der Waals surface area contributed by atoms with Crippen LogP contribution in [0.1, 0.15) is 43.2 Å². The van der Waals surface area contributed by atoms with E-state index < -0.39 is 0 Å². The van der Waals surface area contributed by atoms with Gasteiger partial charge in [0.15, 0.2) is 0 Å². The third kappa shape index (κ3) is 6.23. The second-order valence-electron chi connectivity index (χ2n) is 7.51. The molecule has 2 rings (SSSR count). The van der Waals surface area contributed by atoms with Gasteiger partial charge >= 0.3 is 0 Å². The summed E-state index contributed by atoms with van der Waals surface area (Å²) in [5.74, 6) is 0.228. The molecular formula is C22H30BrN3O2. The molecule has 0 atom stereocenters. The molecule has 0 N–H and O–H groups in total. The van der Waals surface area contributed by atoms with Gasteiger partial charge in [-0.3, -0.25) is 9.59 Å². The number of amides is 2. The standard InChI is InChI=1S/C22H30BrN3O2/c1-5-12-25(22(28)18-8-10-19(23)11-9-18)16-21(27)26(14-17(2)3)15-20-7-6-13-24(20)4/h6-11,13,17H,5,12,14-16H2,1-4H3. The first-order valence-corrected chi connectivity index (χ1v) is 10.5. The molecule has 5 nitrogen and oxygen atoms in total. The summed E-state index contributed by atoms with van der Waals surface area (Å²) in [4.78, 5) is 29.6. The first-order chi connectivity index (χ1) is 13.3. The highest BCUT2D eigenvalue weighted by molar-refractivity contribution is 9.10. The van der Waals surface area contributed by atoms with E-state index in [-0.39, 0.29) is 18.4 Å². The maximum absolute atomic E-state index is 13.1. The van der Waals surface area contributed by atoms with Gasteiger partial charge in [-0.1, -0.05) is 36.7 Å². The summed E-state index contributed by atoms with van der Waals surface area (Å²) in [6.07, 6.45) is 2.78. The van der Waals surface area contributed by atoms with Gasteiger partial charge in [0.05, 0.1) is 6.54 Å². The molecule has 0 aliphatic carbocycles. The summed E-state index contributed by atoms with van der Waals surface area (Å²) in [5.41, 5.74) is 1.68. The third-order valence-electron chi connectivity index (χ3n) is 4.54. The predicted octanol–water partition coefficient (Wildman–Crippen LogP) is 4.32. The van der Waals surface area contributed by atoms with E-state index in [1.807, 2.05) is 53.9 Å². The fraction of sp³-hybridized carbons (Fsp3) is 0.455. The van der Waals surface area contributed by atoms with Gasteiger partial charge in [0.2, 0.25) is 5.91 Å². The molecule has 0 unspecified atom stereocenters. The van der Waals surface area contributed by atoms with Crippen molar-refractivity contribution in [2.24, 2.45) is 13.0 Å². The third-order valence-corrected chi connectivity index (χ3v) is 5.07. The van der Waals surface area contributed by atoms with Gasteiger partial charge in [0.1, 0.15) is 6.54 Å². The van der Waals surface area contributed by atoms with Crippen molar-refractivity contribution in [3.05, 3.63) is 58.3 Å². The SMILES string of the molecule is CCCN(CC(=O)N(Cc1cccn1C)CC(C)C)C(=O)c1ccc(Br)cc1. The van der Waals surface area contributed by atoms with E-state index in [1.54, 1.807) is 17.0 Å². The molecule has 0 aliphatic rings. The lowest BCUT2D eigenvalue weighted by Crippen LogP contribution is -2.44. The first-order valence-electron chi connectivity index (χ1n) is 9.74. The minimum Gasteiger partial charge on any atom is -0.353 e. The Balaban J connectivity index is 2.15. The van der Waals surface area contributed by atoms with Crippen molar-refractivity contribution in [3.63, 3.8) is 0 Å². The molecule has 0 bridgehead atoms. The van der Waals surface area contributed by atoms with E-state index in [0.717, 1.165) is 16.6 Å². The van der Waals surface area contributed by atoms with E-state index in [0.29, 0.717) is 31.1 Å². The molecule has 6 heteroatoms. The summed E-state index contributed by atoms with van der Waals surface area (Å²) in [7, 11) is 1.98. The molecule has 1 heterocycles. The van der Waals surface area contributed by atoms with Crippen LogP contribution in [0.5, 0.6) is 0 Å². The van der Waals surface area contributed by atoms with Crippen LogP contribution in [-0.2, 0) is 18.4 Å². The average molecular weight is 448 g/mol. The molecule has 1 aromatic carbocycles.